The monoisotopic (exact) mass is 469 g/mol. The maximum Gasteiger partial charge on any atom is 0.161 e. The van der Waals surface area contributed by atoms with Gasteiger partial charge in [0, 0.05) is 48.3 Å². The van der Waals surface area contributed by atoms with Gasteiger partial charge in [-0.3, -0.25) is 0 Å². The zero-order chi connectivity index (χ0) is 24.5. The highest BCUT2D eigenvalue weighted by Gasteiger charge is 2.19. The summed E-state index contributed by atoms with van der Waals surface area (Å²) >= 11 is 0. The number of aromatic amines is 1. The molecule has 0 bridgehead atoms. The Morgan fingerprint density at radius 3 is 2.20 bits per heavy atom. The number of hydrogen-bond acceptors (Lipinski definition) is 4. The fraction of sp³-hybridized carbons (Fsp3) is 0.333. The van der Waals surface area contributed by atoms with Gasteiger partial charge in [-0.25, -0.2) is 0 Å². The number of H-pyrrole nitrogens is 1. The van der Waals surface area contributed by atoms with Crippen molar-refractivity contribution >= 4 is 16.6 Å². The van der Waals surface area contributed by atoms with Crippen LogP contribution in [0.4, 0.5) is 5.69 Å². The van der Waals surface area contributed by atoms with E-state index in [-0.39, 0.29) is 0 Å². The Kier molecular flexibility index (Phi) is 6.44. The predicted molar refractivity (Wildman–Crippen MR) is 146 cm³/mol. The highest BCUT2D eigenvalue weighted by Crippen LogP contribution is 2.40. The Hall–Kier alpha value is -3.44. The van der Waals surface area contributed by atoms with Crippen LogP contribution >= 0.6 is 0 Å². The van der Waals surface area contributed by atoms with Gasteiger partial charge < -0.3 is 24.3 Å². The molecule has 1 fully saturated rings. The van der Waals surface area contributed by atoms with Crippen LogP contribution in [0.25, 0.3) is 33.3 Å². The third-order valence-electron chi connectivity index (χ3n) is 7.14. The first-order chi connectivity index (χ1) is 17.0. The Labute approximate surface area is 208 Å². The minimum Gasteiger partial charge on any atom is -0.493 e. The smallest absolute Gasteiger partial charge is 0.161 e. The van der Waals surface area contributed by atoms with Crippen LogP contribution in [-0.2, 0) is 0 Å². The third kappa shape index (κ3) is 4.48. The van der Waals surface area contributed by atoms with Crippen molar-refractivity contribution in [3.05, 3.63) is 66.2 Å². The van der Waals surface area contributed by atoms with Crippen molar-refractivity contribution in [1.82, 2.24) is 9.88 Å². The van der Waals surface area contributed by atoms with Crippen molar-refractivity contribution in [2.24, 2.45) is 0 Å². The average molecular weight is 470 g/mol. The molecule has 0 saturated carbocycles. The number of piperazine rings is 1. The van der Waals surface area contributed by atoms with E-state index in [4.69, 9.17) is 9.47 Å². The minimum atomic E-state index is 0.360. The molecule has 0 aliphatic carbocycles. The van der Waals surface area contributed by atoms with Crippen LogP contribution in [0.5, 0.6) is 11.5 Å². The first-order valence-corrected chi connectivity index (χ1v) is 12.4. The first-order valence-electron chi connectivity index (χ1n) is 12.4. The molecule has 0 radical (unpaired) electrons. The maximum absolute atomic E-state index is 5.57. The van der Waals surface area contributed by atoms with Gasteiger partial charge in [0.1, 0.15) is 0 Å². The molecule has 2 heterocycles. The standard InChI is InChI=1S/C30H35N3O2/c1-20(2)29-25-18-22(21-7-6-8-24(17-21)33-15-13-32(3)14-16-33)9-11-26(25)31-30(29)23-10-12-27(34-4)28(19-23)35-5/h6-12,17-20,31H,13-16H2,1-5H3. The molecule has 1 saturated heterocycles. The van der Waals surface area contributed by atoms with E-state index >= 15 is 0 Å². The molecule has 5 rings (SSSR count). The second-order valence-electron chi connectivity index (χ2n) is 9.74. The molecule has 4 aromatic rings. The van der Waals surface area contributed by atoms with Crippen molar-refractivity contribution in [2.45, 2.75) is 19.8 Å². The highest BCUT2D eigenvalue weighted by molar-refractivity contribution is 5.94. The highest BCUT2D eigenvalue weighted by atomic mass is 16.5. The summed E-state index contributed by atoms with van der Waals surface area (Å²) in [5, 5.41) is 1.27. The van der Waals surface area contributed by atoms with Gasteiger partial charge in [0.15, 0.2) is 11.5 Å². The number of rotatable bonds is 6. The number of likely N-dealkylation sites (N-methyl/N-ethyl adjacent to an activating group) is 1. The van der Waals surface area contributed by atoms with E-state index in [0.717, 1.165) is 54.5 Å². The summed E-state index contributed by atoms with van der Waals surface area (Å²) in [6.07, 6.45) is 0. The molecule has 1 aliphatic rings. The number of benzene rings is 3. The minimum absolute atomic E-state index is 0.360. The number of aromatic nitrogens is 1. The van der Waals surface area contributed by atoms with Crippen LogP contribution in [0.2, 0.25) is 0 Å². The molecule has 3 aromatic carbocycles. The van der Waals surface area contributed by atoms with E-state index in [2.05, 4.69) is 90.3 Å². The van der Waals surface area contributed by atoms with Crippen molar-refractivity contribution in [2.75, 3.05) is 52.3 Å². The van der Waals surface area contributed by atoms with Crippen LogP contribution in [-0.4, -0.2) is 57.3 Å². The summed E-state index contributed by atoms with van der Waals surface area (Å²) in [7, 11) is 5.54. The van der Waals surface area contributed by atoms with Crippen molar-refractivity contribution in [1.29, 1.82) is 0 Å². The van der Waals surface area contributed by atoms with Gasteiger partial charge in [-0.1, -0.05) is 32.0 Å². The van der Waals surface area contributed by atoms with E-state index in [1.807, 2.05) is 6.07 Å². The number of ether oxygens (including phenoxy) is 2. The second kappa shape index (κ2) is 9.67. The SMILES string of the molecule is COc1ccc(-c2[nH]c3ccc(-c4cccc(N5CCN(C)CC5)c4)cc3c2C(C)C)cc1OC. The molecule has 1 aromatic heterocycles. The number of nitrogens with zero attached hydrogens (tertiary/aromatic N) is 2. The molecular formula is C30H35N3O2. The van der Waals surface area contributed by atoms with Gasteiger partial charge in [-0.15, -0.1) is 0 Å². The van der Waals surface area contributed by atoms with Crippen LogP contribution in [0.1, 0.15) is 25.3 Å². The van der Waals surface area contributed by atoms with Crippen molar-refractivity contribution < 1.29 is 9.47 Å². The largest absolute Gasteiger partial charge is 0.493 e. The molecule has 5 heteroatoms. The fourth-order valence-corrected chi connectivity index (χ4v) is 5.16. The van der Waals surface area contributed by atoms with Crippen LogP contribution < -0.4 is 14.4 Å². The van der Waals surface area contributed by atoms with E-state index in [0.29, 0.717) is 5.92 Å². The van der Waals surface area contributed by atoms with E-state index in [1.165, 1.54) is 27.8 Å². The van der Waals surface area contributed by atoms with E-state index < -0.39 is 0 Å². The number of fused-ring (bicyclic) bond motifs is 1. The van der Waals surface area contributed by atoms with Crippen LogP contribution in [0.3, 0.4) is 0 Å². The number of hydrogen-bond donors (Lipinski definition) is 1. The summed E-state index contributed by atoms with van der Waals surface area (Å²) in [6.45, 7) is 8.87. The molecule has 0 spiro atoms. The molecule has 5 nitrogen and oxygen atoms in total. The third-order valence-corrected chi connectivity index (χ3v) is 7.14. The lowest BCUT2D eigenvalue weighted by molar-refractivity contribution is 0.313. The quantitative estimate of drug-likeness (QED) is 0.355. The topological polar surface area (TPSA) is 40.7 Å². The summed E-state index contributed by atoms with van der Waals surface area (Å²) in [5.41, 5.74) is 8.52. The number of anilines is 1. The van der Waals surface area contributed by atoms with Crippen molar-refractivity contribution in [3.8, 4) is 33.9 Å². The summed E-state index contributed by atoms with van der Waals surface area (Å²) < 4.78 is 11.0. The lowest BCUT2D eigenvalue weighted by atomic mass is 9.94. The van der Waals surface area contributed by atoms with E-state index in [1.54, 1.807) is 14.2 Å². The number of nitrogens with one attached hydrogen (secondary N) is 1. The lowest BCUT2D eigenvalue weighted by Crippen LogP contribution is -2.44. The lowest BCUT2D eigenvalue weighted by Gasteiger charge is -2.34. The molecule has 35 heavy (non-hydrogen) atoms. The molecule has 1 aliphatic heterocycles. The second-order valence-corrected chi connectivity index (χ2v) is 9.74. The zero-order valence-corrected chi connectivity index (χ0v) is 21.4. The molecule has 1 N–H and O–H groups in total. The molecule has 0 amide bonds. The predicted octanol–water partition coefficient (Wildman–Crippen LogP) is 6.39. The van der Waals surface area contributed by atoms with Gasteiger partial charge in [0.2, 0.25) is 0 Å². The van der Waals surface area contributed by atoms with E-state index in [9.17, 15) is 0 Å². The van der Waals surface area contributed by atoms with Crippen LogP contribution in [0.15, 0.2) is 60.7 Å². The molecule has 182 valence electrons. The summed E-state index contributed by atoms with van der Waals surface area (Å²) in [6, 6.07) is 21.9. The Morgan fingerprint density at radius 1 is 0.771 bits per heavy atom. The van der Waals surface area contributed by atoms with Gasteiger partial charge in [-0.05, 0) is 72.1 Å². The van der Waals surface area contributed by atoms with Gasteiger partial charge in [-0.2, -0.15) is 0 Å². The molecule has 0 unspecified atom stereocenters. The van der Waals surface area contributed by atoms with Gasteiger partial charge in [0.05, 0.1) is 19.9 Å². The molecule has 0 atom stereocenters. The average Bonchev–Trinajstić information content (AvgIpc) is 3.28. The van der Waals surface area contributed by atoms with Crippen molar-refractivity contribution in [3.63, 3.8) is 0 Å². The van der Waals surface area contributed by atoms with Crippen LogP contribution in [0, 0.1) is 0 Å². The van der Waals surface area contributed by atoms with Gasteiger partial charge >= 0.3 is 0 Å². The maximum atomic E-state index is 5.57. The summed E-state index contributed by atoms with van der Waals surface area (Å²) in [5.74, 6) is 1.83. The number of methoxy groups -OCH3 is 2. The molecular weight excluding hydrogens is 434 g/mol. The normalized spacial score (nSPS) is 14.6. The first kappa shape index (κ1) is 23.3. The van der Waals surface area contributed by atoms with Gasteiger partial charge in [0.25, 0.3) is 0 Å². The zero-order valence-electron chi connectivity index (χ0n) is 21.4. The summed E-state index contributed by atoms with van der Waals surface area (Å²) in [4.78, 5) is 8.57. The fourth-order valence-electron chi connectivity index (χ4n) is 5.16. The Balaban J connectivity index is 1.56. The Morgan fingerprint density at radius 2 is 1.49 bits per heavy atom. The Bertz CT molecular complexity index is 1330.